The third-order valence-corrected chi connectivity index (χ3v) is 18.4. The van der Waals surface area contributed by atoms with Crippen LogP contribution >= 0.6 is 0 Å². The predicted molar refractivity (Wildman–Crippen MR) is 147 cm³/mol. The fourth-order valence-corrected chi connectivity index (χ4v) is 11.6. The summed E-state index contributed by atoms with van der Waals surface area (Å²) in [5, 5.41) is 0.0875. The van der Waals surface area contributed by atoms with E-state index in [2.05, 4.69) is 75.4 Å². The number of imide groups is 1. The standard InChI is InChI=1S/C27H47NO5Si2/c1-13-31-26(30)28-23(21-14-16-22(17-15-21)32-34(11,12)27(8,9)10)24(25(28)29)33-35(18(2)3,19(4)5)20(6)7/h14-20,23-24H,13H2,1-12H3/t23-,24+/m0/s1. The molecule has 0 bridgehead atoms. The summed E-state index contributed by atoms with van der Waals surface area (Å²) in [5.41, 5.74) is 1.83. The van der Waals surface area contributed by atoms with Gasteiger partial charge in [0, 0.05) is 0 Å². The van der Waals surface area contributed by atoms with Crippen LogP contribution in [-0.2, 0) is 14.0 Å². The van der Waals surface area contributed by atoms with Crippen LogP contribution in [0.4, 0.5) is 4.79 Å². The minimum atomic E-state index is -2.34. The van der Waals surface area contributed by atoms with Crippen molar-refractivity contribution < 1.29 is 23.2 Å². The number of ether oxygens (including phenoxy) is 1. The number of nitrogens with zero attached hydrogens (tertiary/aromatic N) is 1. The van der Waals surface area contributed by atoms with Crippen molar-refractivity contribution in [3.63, 3.8) is 0 Å². The third kappa shape index (κ3) is 5.69. The van der Waals surface area contributed by atoms with Gasteiger partial charge in [-0.15, -0.1) is 0 Å². The molecule has 1 saturated heterocycles. The Kier molecular flexibility index (Phi) is 9.10. The summed E-state index contributed by atoms with van der Waals surface area (Å²) in [7, 11) is -4.32. The van der Waals surface area contributed by atoms with E-state index < -0.39 is 34.9 Å². The van der Waals surface area contributed by atoms with E-state index in [1.54, 1.807) is 6.92 Å². The Bertz CT molecular complexity index is 868. The van der Waals surface area contributed by atoms with Crippen LogP contribution in [0.15, 0.2) is 24.3 Å². The molecule has 8 heteroatoms. The lowest BCUT2D eigenvalue weighted by atomic mass is 9.91. The summed E-state index contributed by atoms with van der Waals surface area (Å²) in [4.78, 5) is 27.2. The zero-order valence-corrected chi connectivity index (χ0v) is 25.9. The quantitative estimate of drug-likeness (QED) is 0.246. The number of carbonyl (C=O) groups is 2. The van der Waals surface area contributed by atoms with Crippen molar-refractivity contribution in [1.82, 2.24) is 4.90 Å². The molecule has 2 atom stereocenters. The van der Waals surface area contributed by atoms with E-state index in [1.165, 1.54) is 4.90 Å². The van der Waals surface area contributed by atoms with Crippen LogP contribution in [0.2, 0.25) is 34.8 Å². The van der Waals surface area contributed by atoms with Gasteiger partial charge < -0.3 is 13.6 Å². The molecule has 6 nitrogen and oxygen atoms in total. The molecule has 1 fully saturated rings. The van der Waals surface area contributed by atoms with Gasteiger partial charge in [-0.2, -0.15) is 0 Å². The predicted octanol–water partition coefficient (Wildman–Crippen LogP) is 7.67. The van der Waals surface area contributed by atoms with E-state index >= 15 is 0 Å². The molecular formula is C27H47NO5Si2. The minimum Gasteiger partial charge on any atom is -0.544 e. The summed E-state index contributed by atoms with van der Waals surface area (Å²) >= 11 is 0. The number of β-lactam (4-membered cyclic amide) rings is 1. The van der Waals surface area contributed by atoms with Gasteiger partial charge >= 0.3 is 6.09 Å². The maximum atomic E-state index is 13.3. The van der Waals surface area contributed by atoms with Gasteiger partial charge in [0.05, 0.1) is 6.61 Å². The van der Waals surface area contributed by atoms with Crippen molar-refractivity contribution >= 4 is 28.6 Å². The van der Waals surface area contributed by atoms with Crippen LogP contribution in [-0.4, -0.2) is 46.2 Å². The van der Waals surface area contributed by atoms with E-state index in [1.807, 2.05) is 24.3 Å². The topological polar surface area (TPSA) is 65.1 Å². The number of benzene rings is 1. The van der Waals surface area contributed by atoms with Crippen molar-refractivity contribution in [3.8, 4) is 5.75 Å². The molecule has 0 radical (unpaired) electrons. The Balaban J connectivity index is 2.44. The lowest BCUT2D eigenvalue weighted by Gasteiger charge is -2.51. The fraction of sp³-hybridized carbons (Fsp3) is 0.704. The van der Waals surface area contributed by atoms with Crippen LogP contribution in [0.25, 0.3) is 0 Å². The molecule has 1 aromatic carbocycles. The molecule has 198 valence electrons. The molecule has 0 aromatic heterocycles. The fourth-order valence-electron chi connectivity index (χ4n) is 5.11. The Hall–Kier alpha value is -1.65. The van der Waals surface area contributed by atoms with Crippen molar-refractivity contribution in [2.75, 3.05) is 6.61 Å². The molecule has 1 aliphatic heterocycles. The van der Waals surface area contributed by atoms with E-state index in [0.29, 0.717) is 16.6 Å². The number of rotatable bonds is 9. The van der Waals surface area contributed by atoms with Crippen LogP contribution < -0.4 is 4.43 Å². The highest BCUT2D eigenvalue weighted by molar-refractivity contribution is 6.78. The molecule has 1 heterocycles. The van der Waals surface area contributed by atoms with Gasteiger partial charge in [0.2, 0.25) is 16.6 Å². The third-order valence-electron chi connectivity index (χ3n) is 7.95. The normalized spacial score (nSPS) is 19.4. The number of likely N-dealkylation sites (tertiary alicyclic amines) is 1. The number of hydrogen-bond acceptors (Lipinski definition) is 5. The highest BCUT2D eigenvalue weighted by Gasteiger charge is 2.58. The number of amides is 2. The Morgan fingerprint density at radius 2 is 1.46 bits per heavy atom. The van der Waals surface area contributed by atoms with E-state index in [0.717, 1.165) is 11.3 Å². The minimum absolute atomic E-state index is 0.0875. The second-order valence-electron chi connectivity index (χ2n) is 12.1. The van der Waals surface area contributed by atoms with Crippen LogP contribution in [0, 0.1) is 0 Å². The summed E-state index contributed by atoms with van der Waals surface area (Å²) in [6.45, 7) is 26.2. The lowest BCUT2D eigenvalue weighted by molar-refractivity contribution is -0.161. The van der Waals surface area contributed by atoms with Crippen molar-refractivity contribution in [2.45, 2.75) is 116 Å². The summed E-state index contributed by atoms with van der Waals surface area (Å²) in [5.74, 6) is 0.496. The second kappa shape index (κ2) is 10.8. The molecule has 0 unspecified atom stereocenters. The monoisotopic (exact) mass is 521 g/mol. The smallest absolute Gasteiger partial charge is 0.417 e. The maximum absolute atomic E-state index is 13.3. The van der Waals surface area contributed by atoms with Crippen molar-refractivity contribution in [2.24, 2.45) is 0 Å². The SMILES string of the molecule is CCOC(=O)N1C(=O)[C@H](O[Si](C(C)C)(C(C)C)C(C)C)[C@@H]1c1ccc(O[Si](C)(C)C(C)(C)C)cc1. The highest BCUT2D eigenvalue weighted by Crippen LogP contribution is 2.48. The average molecular weight is 522 g/mol. The van der Waals surface area contributed by atoms with Gasteiger partial charge in [0.1, 0.15) is 11.8 Å². The van der Waals surface area contributed by atoms with Gasteiger partial charge in [0.25, 0.3) is 5.91 Å². The maximum Gasteiger partial charge on any atom is 0.417 e. The Labute approximate surface area is 215 Å². The average Bonchev–Trinajstić information content (AvgIpc) is 2.71. The van der Waals surface area contributed by atoms with Gasteiger partial charge in [-0.1, -0.05) is 74.4 Å². The van der Waals surface area contributed by atoms with E-state index in [9.17, 15) is 9.59 Å². The van der Waals surface area contributed by atoms with Crippen molar-refractivity contribution in [3.05, 3.63) is 29.8 Å². The van der Waals surface area contributed by atoms with Gasteiger partial charge in [0.15, 0.2) is 6.10 Å². The van der Waals surface area contributed by atoms with Crippen LogP contribution in [0.3, 0.4) is 0 Å². The molecule has 0 spiro atoms. The second-order valence-corrected chi connectivity index (χ2v) is 22.3. The van der Waals surface area contributed by atoms with Crippen LogP contribution in [0.1, 0.15) is 80.8 Å². The molecule has 1 aromatic rings. The molecule has 1 aliphatic rings. The van der Waals surface area contributed by atoms with Crippen LogP contribution in [0.5, 0.6) is 5.75 Å². The van der Waals surface area contributed by atoms with E-state index in [4.69, 9.17) is 13.6 Å². The molecule has 2 rings (SSSR count). The summed E-state index contributed by atoms with van der Waals surface area (Å²) in [6.07, 6.45) is -1.31. The summed E-state index contributed by atoms with van der Waals surface area (Å²) in [6, 6.07) is 7.28. The first kappa shape index (κ1) is 29.6. The van der Waals surface area contributed by atoms with Gasteiger partial charge in [-0.3, -0.25) is 4.79 Å². The largest absolute Gasteiger partial charge is 0.544 e. The molecule has 0 N–H and O–H groups in total. The molecule has 35 heavy (non-hydrogen) atoms. The molecule has 2 amide bonds. The number of carbonyl (C=O) groups excluding carboxylic acids is 2. The molecule has 0 saturated carbocycles. The Morgan fingerprint density at radius 3 is 1.86 bits per heavy atom. The first-order valence-electron chi connectivity index (χ1n) is 13.0. The van der Waals surface area contributed by atoms with Gasteiger partial charge in [-0.05, 0) is 59.4 Å². The lowest BCUT2D eigenvalue weighted by Crippen LogP contribution is -2.66. The van der Waals surface area contributed by atoms with E-state index in [-0.39, 0.29) is 17.6 Å². The molecule has 0 aliphatic carbocycles. The number of hydrogen-bond donors (Lipinski definition) is 0. The zero-order valence-electron chi connectivity index (χ0n) is 23.9. The highest BCUT2D eigenvalue weighted by atomic mass is 28.4. The first-order chi connectivity index (χ1) is 16.0. The van der Waals surface area contributed by atoms with Crippen molar-refractivity contribution in [1.29, 1.82) is 0 Å². The molecular weight excluding hydrogens is 474 g/mol. The summed E-state index contributed by atoms with van der Waals surface area (Å²) < 4.78 is 18.5. The first-order valence-corrected chi connectivity index (χ1v) is 18.0. The Morgan fingerprint density at radius 1 is 0.971 bits per heavy atom. The van der Waals surface area contributed by atoms with Gasteiger partial charge in [-0.25, -0.2) is 9.69 Å². The zero-order chi connectivity index (χ0) is 26.9.